The molecule has 0 saturated carbocycles. The van der Waals surface area contributed by atoms with Crippen LogP contribution in [-0.4, -0.2) is 12.5 Å². The van der Waals surface area contributed by atoms with Gasteiger partial charge in [-0.05, 0) is 18.3 Å². The van der Waals surface area contributed by atoms with Crippen LogP contribution in [0.4, 0.5) is 0 Å². The fourth-order valence-corrected chi connectivity index (χ4v) is 1.26. The maximum atomic E-state index is 11.5. The highest BCUT2D eigenvalue weighted by molar-refractivity contribution is 5.93. The van der Waals surface area contributed by atoms with Crippen molar-refractivity contribution in [2.75, 3.05) is 6.54 Å². The lowest BCUT2D eigenvalue weighted by molar-refractivity contribution is -0.117. The van der Waals surface area contributed by atoms with Gasteiger partial charge in [0.25, 0.3) is 0 Å². The van der Waals surface area contributed by atoms with Crippen LogP contribution in [0.3, 0.4) is 0 Å². The van der Waals surface area contributed by atoms with Crippen LogP contribution in [0.15, 0.2) is 24.8 Å². The number of amides is 1. The van der Waals surface area contributed by atoms with Gasteiger partial charge in [-0.1, -0.05) is 39.8 Å². The van der Waals surface area contributed by atoms with Gasteiger partial charge in [0.2, 0.25) is 5.91 Å². The average molecular weight is 209 g/mol. The van der Waals surface area contributed by atoms with Gasteiger partial charge in [0.05, 0.1) is 0 Å². The SMILES string of the molecule is C=CCNC(=O)C(=C)[C@@H](C)CCC(C)C. The van der Waals surface area contributed by atoms with E-state index in [0.29, 0.717) is 18.0 Å². The molecule has 1 N–H and O–H groups in total. The molecule has 0 fully saturated rings. The fourth-order valence-electron chi connectivity index (χ4n) is 1.26. The standard InChI is InChI=1S/C13H23NO/c1-6-9-14-13(15)12(5)11(4)8-7-10(2)3/h6,10-11H,1,5,7-9H2,2-4H3,(H,14,15)/t11-/m0/s1. The number of carbonyl (C=O) groups is 1. The van der Waals surface area contributed by atoms with Crippen molar-refractivity contribution >= 4 is 5.91 Å². The Morgan fingerprint density at radius 3 is 2.40 bits per heavy atom. The number of hydrogen-bond acceptors (Lipinski definition) is 1. The highest BCUT2D eigenvalue weighted by atomic mass is 16.1. The average Bonchev–Trinajstić information content (AvgIpc) is 2.21. The summed E-state index contributed by atoms with van der Waals surface area (Å²) in [5.74, 6) is 0.889. The first kappa shape index (κ1) is 13.9. The third-order valence-electron chi connectivity index (χ3n) is 2.47. The Hall–Kier alpha value is -1.05. The Morgan fingerprint density at radius 2 is 1.93 bits per heavy atom. The number of carbonyl (C=O) groups excluding carboxylic acids is 1. The monoisotopic (exact) mass is 209 g/mol. The van der Waals surface area contributed by atoms with Gasteiger partial charge in [-0.25, -0.2) is 0 Å². The Balaban J connectivity index is 3.96. The lowest BCUT2D eigenvalue weighted by Gasteiger charge is -2.15. The number of nitrogens with one attached hydrogen (secondary N) is 1. The lowest BCUT2D eigenvalue weighted by atomic mass is 9.93. The van der Waals surface area contributed by atoms with Crippen molar-refractivity contribution in [3.63, 3.8) is 0 Å². The van der Waals surface area contributed by atoms with E-state index in [1.165, 1.54) is 0 Å². The van der Waals surface area contributed by atoms with E-state index in [2.05, 4.69) is 39.2 Å². The Morgan fingerprint density at radius 1 is 1.33 bits per heavy atom. The summed E-state index contributed by atoms with van der Waals surface area (Å²) in [4.78, 5) is 11.5. The fraction of sp³-hybridized carbons (Fsp3) is 0.615. The molecule has 0 bridgehead atoms. The predicted octanol–water partition coefficient (Wildman–Crippen LogP) is 2.92. The van der Waals surface area contributed by atoms with E-state index in [9.17, 15) is 4.79 Å². The minimum atomic E-state index is -0.0499. The molecule has 0 saturated heterocycles. The van der Waals surface area contributed by atoms with Crippen LogP contribution in [0.2, 0.25) is 0 Å². The van der Waals surface area contributed by atoms with Crippen LogP contribution < -0.4 is 5.32 Å². The molecule has 0 spiro atoms. The van der Waals surface area contributed by atoms with E-state index in [1.54, 1.807) is 6.08 Å². The van der Waals surface area contributed by atoms with Crippen LogP contribution >= 0.6 is 0 Å². The normalized spacial score (nSPS) is 12.3. The molecule has 0 aliphatic carbocycles. The summed E-state index contributed by atoms with van der Waals surface area (Å²) in [6.45, 7) is 14.3. The minimum Gasteiger partial charge on any atom is -0.349 e. The van der Waals surface area contributed by atoms with Crippen molar-refractivity contribution < 1.29 is 4.79 Å². The molecule has 0 aliphatic rings. The maximum absolute atomic E-state index is 11.5. The van der Waals surface area contributed by atoms with E-state index in [-0.39, 0.29) is 11.8 Å². The summed E-state index contributed by atoms with van der Waals surface area (Å²) < 4.78 is 0. The molecule has 15 heavy (non-hydrogen) atoms. The molecule has 0 heterocycles. The summed E-state index contributed by atoms with van der Waals surface area (Å²) in [6, 6.07) is 0. The van der Waals surface area contributed by atoms with Gasteiger partial charge >= 0.3 is 0 Å². The first-order chi connectivity index (χ1) is 6.99. The van der Waals surface area contributed by atoms with Crippen molar-refractivity contribution in [3.05, 3.63) is 24.8 Å². The van der Waals surface area contributed by atoms with Gasteiger partial charge in [-0.2, -0.15) is 0 Å². The molecule has 1 atom stereocenters. The van der Waals surface area contributed by atoms with Crippen LogP contribution in [0.5, 0.6) is 0 Å². The number of hydrogen-bond donors (Lipinski definition) is 1. The second-order valence-corrected chi connectivity index (χ2v) is 4.40. The number of rotatable bonds is 7. The molecule has 0 aromatic rings. The second kappa shape index (κ2) is 7.27. The smallest absolute Gasteiger partial charge is 0.247 e. The zero-order valence-electron chi connectivity index (χ0n) is 10.2. The largest absolute Gasteiger partial charge is 0.349 e. The Bertz CT molecular complexity index is 231. The van der Waals surface area contributed by atoms with E-state index in [1.807, 2.05) is 0 Å². The molecular formula is C13H23NO. The molecular weight excluding hydrogens is 186 g/mol. The van der Waals surface area contributed by atoms with Gasteiger partial charge in [-0.15, -0.1) is 6.58 Å². The predicted molar refractivity (Wildman–Crippen MR) is 65.6 cm³/mol. The molecule has 0 aromatic heterocycles. The van der Waals surface area contributed by atoms with Crippen molar-refractivity contribution in [1.29, 1.82) is 0 Å². The molecule has 0 rings (SSSR count). The van der Waals surface area contributed by atoms with E-state index in [0.717, 1.165) is 12.8 Å². The minimum absolute atomic E-state index is 0.0499. The highest BCUT2D eigenvalue weighted by Gasteiger charge is 2.13. The first-order valence-electron chi connectivity index (χ1n) is 5.56. The topological polar surface area (TPSA) is 29.1 Å². The van der Waals surface area contributed by atoms with Crippen LogP contribution in [0.25, 0.3) is 0 Å². The van der Waals surface area contributed by atoms with Gasteiger partial charge in [0.15, 0.2) is 0 Å². The zero-order chi connectivity index (χ0) is 11.8. The summed E-state index contributed by atoms with van der Waals surface area (Å²) >= 11 is 0. The van der Waals surface area contributed by atoms with E-state index in [4.69, 9.17) is 0 Å². The summed E-state index contributed by atoms with van der Waals surface area (Å²) in [6.07, 6.45) is 3.83. The molecule has 0 aromatic carbocycles. The molecule has 2 nitrogen and oxygen atoms in total. The molecule has 0 radical (unpaired) electrons. The van der Waals surface area contributed by atoms with Crippen molar-refractivity contribution in [2.24, 2.45) is 11.8 Å². The second-order valence-electron chi connectivity index (χ2n) is 4.40. The zero-order valence-corrected chi connectivity index (χ0v) is 10.2. The summed E-state index contributed by atoms with van der Waals surface area (Å²) in [5.41, 5.74) is 0.678. The van der Waals surface area contributed by atoms with Gasteiger partial charge in [0, 0.05) is 12.1 Å². The van der Waals surface area contributed by atoms with Gasteiger partial charge < -0.3 is 5.32 Å². The Kier molecular flexibility index (Phi) is 6.76. The van der Waals surface area contributed by atoms with Crippen LogP contribution in [-0.2, 0) is 4.79 Å². The van der Waals surface area contributed by atoms with E-state index < -0.39 is 0 Å². The molecule has 1 amide bonds. The first-order valence-corrected chi connectivity index (χ1v) is 5.56. The third kappa shape index (κ3) is 6.10. The molecule has 86 valence electrons. The van der Waals surface area contributed by atoms with Gasteiger partial charge in [0.1, 0.15) is 0 Å². The van der Waals surface area contributed by atoms with Gasteiger partial charge in [-0.3, -0.25) is 4.79 Å². The summed E-state index contributed by atoms with van der Waals surface area (Å²) in [5, 5.41) is 2.74. The summed E-state index contributed by atoms with van der Waals surface area (Å²) in [7, 11) is 0. The molecule has 2 heteroatoms. The highest BCUT2D eigenvalue weighted by Crippen LogP contribution is 2.18. The Labute approximate surface area is 93.5 Å². The third-order valence-corrected chi connectivity index (χ3v) is 2.47. The van der Waals surface area contributed by atoms with Crippen LogP contribution in [0, 0.1) is 11.8 Å². The molecule has 0 unspecified atom stereocenters. The van der Waals surface area contributed by atoms with E-state index >= 15 is 0 Å². The van der Waals surface area contributed by atoms with Crippen molar-refractivity contribution in [1.82, 2.24) is 5.32 Å². The molecule has 0 aliphatic heterocycles. The lowest BCUT2D eigenvalue weighted by Crippen LogP contribution is -2.27. The quantitative estimate of drug-likeness (QED) is 0.507. The van der Waals surface area contributed by atoms with Crippen molar-refractivity contribution in [2.45, 2.75) is 33.6 Å². The van der Waals surface area contributed by atoms with Crippen molar-refractivity contribution in [3.8, 4) is 0 Å². The maximum Gasteiger partial charge on any atom is 0.247 e. The van der Waals surface area contributed by atoms with Crippen LogP contribution in [0.1, 0.15) is 33.6 Å².